The molecule has 18 heavy (non-hydrogen) atoms. The number of allylic oxidation sites excluding steroid dienone is 1. The minimum absolute atomic E-state index is 0.240. The van der Waals surface area contributed by atoms with Gasteiger partial charge in [-0.05, 0) is 31.2 Å². The molecule has 1 aromatic carbocycles. The molecule has 0 unspecified atom stereocenters. The first-order chi connectivity index (χ1) is 8.76. The Morgan fingerprint density at radius 3 is 2.50 bits per heavy atom. The van der Waals surface area contributed by atoms with Crippen molar-refractivity contribution in [3.8, 4) is 11.5 Å². The highest BCUT2D eigenvalue weighted by atomic mass is 16.5. The van der Waals surface area contributed by atoms with Crippen LogP contribution in [-0.4, -0.2) is 26.3 Å². The fourth-order valence-corrected chi connectivity index (χ4v) is 1.23. The Labute approximate surface area is 107 Å². The molecule has 0 saturated carbocycles. The van der Waals surface area contributed by atoms with Crippen LogP contribution in [0.2, 0.25) is 0 Å². The van der Waals surface area contributed by atoms with Crippen LogP contribution in [0.1, 0.15) is 13.3 Å². The molecule has 0 amide bonds. The number of hydrogen-bond donors (Lipinski definition) is 0. The quantitative estimate of drug-likeness (QED) is 0.551. The van der Waals surface area contributed by atoms with Gasteiger partial charge in [0.1, 0.15) is 18.1 Å². The van der Waals surface area contributed by atoms with Gasteiger partial charge in [0.25, 0.3) is 0 Å². The normalized spacial score (nSPS) is 10.3. The van der Waals surface area contributed by atoms with Gasteiger partial charge in [0.2, 0.25) is 0 Å². The lowest BCUT2D eigenvalue weighted by atomic mass is 10.3. The number of ether oxygens (including phenoxy) is 3. The van der Waals surface area contributed by atoms with E-state index in [1.807, 2.05) is 13.0 Å². The number of carbonyl (C=O) groups excluding carboxylic acids is 1. The topological polar surface area (TPSA) is 44.8 Å². The minimum atomic E-state index is -0.262. The zero-order valence-electron chi connectivity index (χ0n) is 10.7. The lowest BCUT2D eigenvalue weighted by Gasteiger charge is -2.06. The second kappa shape index (κ2) is 8.17. The largest absolute Gasteiger partial charge is 0.497 e. The SMILES string of the molecule is C/C=C/COC(=O)CCOc1ccc(OC)cc1. The Balaban J connectivity index is 2.22. The monoisotopic (exact) mass is 250 g/mol. The molecule has 0 fully saturated rings. The van der Waals surface area contributed by atoms with Gasteiger partial charge >= 0.3 is 5.97 Å². The molecule has 4 heteroatoms. The molecule has 0 N–H and O–H groups in total. The van der Waals surface area contributed by atoms with Gasteiger partial charge in [-0.3, -0.25) is 4.79 Å². The molecule has 0 heterocycles. The third-order valence-electron chi connectivity index (χ3n) is 2.21. The highest BCUT2D eigenvalue weighted by molar-refractivity contribution is 5.69. The number of rotatable bonds is 7. The van der Waals surface area contributed by atoms with Gasteiger partial charge in [-0.2, -0.15) is 0 Å². The van der Waals surface area contributed by atoms with E-state index in [2.05, 4.69) is 0 Å². The van der Waals surface area contributed by atoms with Crippen molar-refractivity contribution >= 4 is 5.97 Å². The Morgan fingerprint density at radius 2 is 1.89 bits per heavy atom. The lowest BCUT2D eigenvalue weighted by Crippen LogP contribution is -2.09. The highest BCUT2D eigenvalue weighted by Gasteiger charge is 2.02. The summed E-state index contributed by atoms with van der Waals surface area (Å²) < 4.78 is 15.4. The maximum absolute atomic E-state index is 11.3. The molecule has 0 aromatic heterocycles. The number of esters is 1. The van der Waals surface area contributed by atoms with E-state index in [1.165, 1.54) is 0 Å². The first-order valence-corrected chi connectivity index (χ1v) is 5.80. The van der Waals surface area contributed by atoms with Gasteiger partial charge in [-0.25, -0.2) is 0 Å². The van der Waals surface area contributed by atoms with Crippen molar-refractivity contribution in [2.45, 2.75) is 13.3 Å². The van der Waals surface area contributed by atoms with E-state index in [1.54, 1.807) is 37.5 Å². The van der Waals surface area contributed by atoms with Crippen LogP contribution in [-0.2, 0) is 9.53 Å². The fourth-order valence-electron chi connectivity index (χ4n) is 1.23. The van der Waals surface area contributed by atoms with E-state index in [0.29, 0.717) is 19.0 Å². The third-order valence-corrected chi connectivity index (χ3v) is 2.21. The van der Waals surface area contributed by atoms with Crippen LogP contribution < -0.4 is 9.47 Å². The van der Waals surface area contributed by atoms with Crippen molar-refractivity contribution in [1.29, 1.82) is 0 Å². The van der Waals surface area contributed by atoms with Gasteiger partial charge in [-0.15, -0.1) is 0 Å². The maximum atomic E-state index is 11.3. The minimum Gasteiger partial charge on any atom is -0.497 e. The summed E-state index contributed by atoms with van der Waals surface area (Å²) in [5.41, 5.74) is 0. The van der Waals surface area contributed by atoms with Gasteiger partial charge in [-0.1, -0.05) is 12.2 Å². The third kappa shape index (κ3) is 5.39. The summed E-state index contributed by atoms with van der Waals surface area (Å²) in [4.78, 5) is 11.3. The molecule has 0 radical (unpaired) electrons. The molecule has 0 spiro atoms. The van der Waals surface area contributed by atoms with Crippen LogP contribution in [0, 0.1) is 0 Å². The second-order valence-corrected chi connectivity index (χ2v) is 3.53. The number of benzene rings is 1. The van der Waals surface area contributed by atoms with Crippen LogP contribution in [0.4, 0.5) is 0 Å². The molecular formula is C14H18O4. The van der Waals surface area contributed by atoms with E-state index in [0.717, 1.165) is 5.75 Å². The highest BCUT2D eigenvalue weighted by Crippen LogP contribution is 2.16. The first-order valence-electron chi connectivity index (χ1n) is 5.80. The number of carbonyl (C=O) groups is 1. The summed E-state index contributed by atoms with van der Waals surface area (Å²) in [6.45, 7) is 2.50. The smallest absolute Gasteiger partial charge is 0.309 e. The molecule has 0 aliphatic heterocycles. The van der Waals surface area contributed by atoms with Crippen molar-refractivity contribution in [2.24, 2.45) is 0 Å². The van der Waals surface area contributed by atoms with Crippen molar-refractivity contribution in [1.82, 2.24) is 0 Å². The Hall–Kier alpha value is -1.97. The predicted molar refractivity (Wildman–Crippen MR) is 68.9 cm³/mol. The molecule has 4 nitrogen and oxygen atoms in total. The average Bonchev–Trinajstić information content (AvgIpc) is 2.40. The van der Waals surface area contributed by atoms with E-state index < -0.39 is 0 Å². The summed E-state index contributed by atoms with van der Waals surface area (Å²) in [5.74, 6) is 1.21. The van der Waals surface area contributed by atoms with Crippen molar-refractivity contribution in [3.05, 3.63) is 36.4 Å². The summed E-state index contributed by atoms with van der Waals surface area (Å²) in [6, 6.07) is 7.20. The zero-order chi connectivity index (χ0) is 13.2. The van der Waals surface area contributed by atoms with E-state index in [-0.39, 0.29) is 12.4 Å². The van der Waals surface area contributed by atoms with Crippen LogP contribution >= 0.6 is 0 Å². The molecule has 0 aliphatic carbocycles. The molecule has 0 bridgehead atoms. The maximum Gasteiger partial charge on any atom is 0.309 e. The van der Waals surface area contributed by atoms with E-state index in [9.17, 15) is 4.79 Å². The van der Waals surface area contributed by atoms with Crippen molar-refractivity contribution < 1.29 is 19.0 Å². The molecule has 0 aliphatic rings. The summed E-state index contributed by atoms with van der Waals surface area (Å²) in [5, 5.41) is 0. The molecule has 1 aromatic rings. The van der Waals surface area contributed by atoms with Crippen LogP contribution in [0.5, 0.6) is 11.5 Å². The number of methoxy groups -OCH3 is 1. The van der Waals surface area contributed by atoms with Crippen molar-refractivity contribution in [3.63, 3.8) is 0 Å². The Bertz CT molecular complexity index is 381. The standard InChI is InChI=1S/C14H18O4/c1-3-4-10-18-14(15)9-11-17-13-7-5-12(16-2)6-8-13/h3-8H,9-11H2,1-2H3/b4-3+. The van der Waals surface area contributed by atoms with Gasteiger partial charge in [0.05, 0.1) is 20.1 Å². The Kier molecular flexibility index (Phi) is 6.40. The fraction of sp³-hybridized carbons (Fsp3) is 0.357. The lowest BCUT2D eigenvalue weighted by molar-refractivity contribution is -0.142. The van der Waals surface area contributed by atoms with Gasteiger partial charge in [0, 0.05) is 0 Å². The summed E-state index contributed by atoms with van der Waals surface area (Å²) in [6.07, 6.45) is 3.85. The van der Waals surface area contributed by atoms with E-state index >= 15 is 0 Å². The van der Waals surface area contributed by atoms with Crippen LogP contribution in [0.25, 0.3) is 0 Å². The zero-order valence-corrected chi connectivity index (χ0v) is 10.7. The molecule has 1 rings (SSSR count). The summed E-state index contributed by atoms with van der Waals surface area (Å²) in [7, 11) is 1.61. The molecular weight excluding hydrogens is 232 g/mol. The predicted octanol–water partition coefficient (Wildman–Crippen LogP) is 2.58. The van der Waals surface area contributed by atoms with E-state index in [4.69, 9.17) is 14.2 Å². The van der Waals surface area contributed by atoms with Crippen molar-refractivity contribution in [2.75, 3.05) is 20.3 Å². The second-order valence-electron chi connectivity index (χ2n) is 3.53. The first kappa shape index (κ1) is 14.1. The number of hydrogen-bond acceptors (Lipinski definition) is 4. The molecule has 98 valence electrons. The Morgan fingerprint density at radius 1 is 1.22 bits per heavy atom. The molecule has 0 atom stereocenters. The van der Waals surface area contributed by atoms with Crippen LogP contribution in [0.15, 0.2) is 36.4 Å². The van der Waals surface area contributed by atoms with Crippen LogP contribution in [0.3, 0.4) is 0 Å². The summed E-state index contributed by atoms with van der Waals surface area (Å²) >= 11 is 0. The molecule has 0 saturated heterocycles. The average molecular weight is 250 g/mol. The van der Waals surface area contributed by atoms with Gasteiger partial charge < -0.3 is 14.2 Å². The van der Waals surface area contributed by atoms with Gasteiger partial charge in [0.15, 0.2) is 0 Å².